The van der Waals surface area contributed by atoms with E-state index in [0.29, 0.717) is 34.8 Å². The van der Waals surface area contributed by atoms with Gasteiger partial charge in [-0.3, -0.25) is 0 Å². The Morgan fingerprint density at radius 1 is 1.00 bits per heavy atom. The molecule has 0 spiro atoms. The molecule has 0 unspecified atom stereocenters. The predicted octanol–water partition coefficient (Wildman–Crippen LogP) is 3.63. The third kappa shape index (κ3) is 3.74. The maximum absolute atomic E-state index is 14.3. The molecule has 3 aromatic heterocycles. The summed E-state index contributed by atoms with van der Waals surface area (Å²) in [5.41, 5.74) is 7.86. The van der Waals surface area contributed by atoms with Crippen molar-refractivity contribution in [2.45, 2.75) is 6.42 Å². The van der Waals surface area contributed by atoms with Crippen molar-refractivity contribution in [3.05, 3.63) is 78.1 Å². The first-order valence-electron chi connectivity index (χ1n) is 8.09. The SMILES string of the molecule is Nc1ncccc1-c1cc(Cc2ccc(Oc3ncccn3)c(F)c2)no1. The van der Waals surface area contributed by atoms with Crippen LogP contribution in [0.2, 0.25) is 0 Å². The summed E-state index contributed by atoms with van der Waals surface area (Å²) < 4.78 is 25.0. The van der Waals surface area contributed by atoms with E-state index in [0.717, 1.165) is 0 Å². The number of nitrogens with zero attached hydrogens (tertiary/aromatic N) is 4. The summed E-state index contributed by atoms with van der Waals surface area (Å²) in [7, 11) is 0. The van der Waals surface area contributed by atoms with E-state index in [-0.39, 0.29) is 11.8 Å². The minimum Gasteiger partial charge on any atom is -0.421 e. The highest BCUT2D eigenvalue weighted by molar-refractivity contribution is 5.69. The number of rotatable bonds is 5. The van der Waals surface area contributed by atoms with Crippen LogP contribution in [0.4, 0.5) is 10.2 Å². The van der Waals surface area contributed by atoms with Gasteiger partial charge in [-0.25, -0.2) is 19.3 Å². The number of nitrogens with two attached hydrogens (primary N) is 1. The van der Waals surface area contributed by atoms with Crippen LogP contribution in [0.25, 0.3) is 11.3 Å². The molecule has 0 radical (unpaired) electrons. The molecule has 0 atom stereocenters. The van der Waals surface area contributed by atoms with E-state index in [1.54, 1.807) is 36.5 Å². The lowest BCUT2D eigenvalue weighted by Gasteiger charge is -2.06. The quantitative estimate of drug-likeness (QED) is 0.578. The number of aromatic nitrogens is 4. The van der Waals surface area contributed by atoms with Crippen LogP contribution in [-0.4, -0.2) is 20.1 Å². The van der Waals surface area contributed by atoms with Crippen molar-refractivity contribution in [3.63, 3.8) is 0 Å². The van der Waals surface area contributed by atoms with Gasteiger partial charge in [0, 0.05) is 31.1 Å². The van der Waals surface area contributed by atoms with Crippen LogP contribution < -0.4 is 10.5 Å². The van der Waals surface area contributed by atoms with E-state index in [1.807, 2.05) is 0 Å². The van der Waals surface area contributed by atoms with Gasteiger partial charge in [0.15, 0.2) is 17.3 Å². The van der Waals surface area contributed by atoms with Crippen molar-refractivity contribution < 1.29 is 13.7 Å². The van der Waals surface area contributed by atoms with Gasteiger partial charge in [0.05, 0.1) is 11.3 Å². The van der Waals surface area contributed by atoms with Crippen LogP contribution in [0.15, 0.2) is 65.6 Å². The summed E-state index contributed by atoms with van der Waals surface area (Å²) >= 11 is 0. The fraction of sp³-hybridized carbons (Fsp3) is 0.0526. The van der Waals surface area contributed by atoms with Gasteiger partial charge in [0.1, 0.15) is 5.82 Å². The normalized spacial score (nSPS) is 10.7. The molecule has 0 aliphatic rings. The number of hydrogen-bond donors (Lipinski definition) is 1. The van der Waals surface area contributed by atoms with E-state index >= 15 is 0 Å². The van der Waals surface area contributed by atoms with Crippen molar-refractivity contribution in [1.82, 2.24) is 20.1 Å². The second-order valence-electron chi connectivity index (χ2n) is 5.69. The summed E-state index contributed by atoms with van der Waals surface area (Å²) in [6, 6.07) is 11.7. The summed E-state index contributed by atoms with van der Waals surface area (Å²) in [5.74, 6) is 0.405. The van der Waals surface area contributed by atoms with E-state index in [9.17, 15) is 4.39 Å². The molecule has 8 heteroatoms. The lowest BCUT2D eigenvalue weighted by atomic mass is 10.1. The monoisotopic (exact) mass is 363 g/mol. The van der Waals surface area contributed by atoms with Gasteiger partial charge < -0.3 is 15.0 Å². The highest BCUT2D eigenvalue weighted by atomic mass is 19.1. The average Bonchev–Trinajstić information content (AvgIpc) is 3.13. The fourth-order valence-electron chi connectivity index (χ4n) is 2.53. The first-order chi connectivity index (χ1) is 13.2. The van der Waals surface area contributed by atoms with Gasteiger partial charge in [-0.05, 0) is 35.9 Å². The Morgan fingerprint density at radius 3 is 2.59 bits per heavy atom. The minimum absolute atomic E-state index is 0.0499. The maximum atomic E-state index is 14.3. The number of benzene rings is 1. The molecule has 1 aromatic carbocycles. The topological polar surface area (TPSA) is 100.0 Å². The molecular weight excluding hydrogens is 349 g/mol. The second kappa shape index (κ2) is 7.20. The van der Waals surface area contributed by atoms with Crippen molar-refractivity contribution in [3.8, 4) is 23.1 Å². The van der Waals surface area contributed by atoms with E-state index < -0.39 is 5.82 Å². The Kier molecular flexibility index (Phi) is 4.44. The van der Waals surface area contributed by atoms with Crippen LogP contribution in [-0.2, 0) is 6.42 Å². The largest absolute Gasteiger partial charge is 0.421 e. The molecule has 0 bridgehead atoms. The highest BCUT2D eigenvalue weighted by Gasteiger charge is 2.12. The first-order valence-corrected chi connectivity index (χ1v) is 8.09. The number of pyridine rings is 1. The van der Waals surface area contributed by atoms with Gasteiger partial charge >= 0.3 is 6.01 Å². The lowest BCUT2D eigenvalue weighted by molar-refractivity contribution is 0.410. The number of ether oxygens (including phenoxy) is 1. The van der Waals surface area contributed by atoms with Gasteiger partial charge in [-0.2, -0.15) is 0 Å². The van der Waals surface area contributed by atoms with Crippen LogP contribution in [0, 0.1) is 5.82 Å². The van der Waals surface area contributed by atoms with Crippen molar-refractivity contribution in [2.24, 2.45) is 0 Å². The van der Waals surface area contributed by atoms with Crippen molar-refractivity contribution >= 4 is 5.82 Å². The van der Waals surface area contributed by atoms with Gasteiger partial charge in [-0.15, -0.1) is 0 Å². The third-order valence-electron chi connectivity index (χ3n) is 3.79. The molecule has 0 saturated carbocycles. The summed E-state index contributed by atoms with van der Waals surface area (Å²) in [6.07, 6.45) is 5.03. The number of hydrogen-bond acceptors (Lipinski definition) is 7. The molecule has 0 amide bonds. The summed E-state index contributed by atoms with van der Waals surface area (Å²) in [5, 5.41) is 4.02. The highest BCUT2D eigenvalue weighted by Crippen LogP contribution is 2.27. The van der Waals surface area contributed by atoms with Gasteiger partial charge in [0.25, 0.3) is 0 Å². The lowest BCUT2D eigenvalue weighted by Crippen LogP contribution is -1.95. The smallest absolute Gasteiger partial charge is 0.321 e. The zero-order valence-corrected chi connectivity index (χ0v) is 14.0. The Balaban J connectivity index is 1.50. The zero-order chi connectivity index (χ0) is 18.6. The number of nitrogen functional groups attached to an aromatic ring is 1. The number of anilines is 1. The standard InChI is InChI=1S/C19H14FN5O2/c20-15-10-12(4-5-16(15)26-19-23-7-2-8-24-19)9-13-11-17(27-25-13)14-3-1-6-22-18(14)21/h1-8,10-11H,9H2,(H2,21,22). The van der Waals surface area contributed by atoms with Gasteiger partial charge in [0.2, 0.25) is 0 Å². The molecule has 0 saturated heterocycles. The Morgan fingerprint density at radius 2 is 1.81 bits per heavy atom. The van der Waals surface area contributed by atoms with E-state index in [4.69, 9.17) is 15.0 Å². The fourth-order valence-corrected chi connectivity index (χ4v) is 2.53. The van der Waals surface area contributed by atoms with Crippen molar-refractivity contribution in [2.75, 3.05) is 5.73 Å². The molecule has 4 rings (SSSR count). The van der Waals surface area contributed by atoms with Crippen LogP contribution in [0.3, 0.4) is 0 Å². The molecule has 27 heavy (non-hydrogen) atoms. The van der Waals surface area contributed by atoms with Crippen LogP contribution >= 0.6 is 0 Å². The van der Waals surface area contributed by atoms with E-state index in [2.05, 4.69) is 20.1 Å². The molecule has 0 aliphatic carbocycles. The molecule has 2 N–H and O–H groups in total. The molecule has 3 heterocycles. The first kappa shape index (κ1) is 16.6. The maximum Gasteiger partial charge on any atom is 0.321 e. The Hall–Kier alpha value is -3.81. The average molecular weight is 363 g/mol. The molecule has 4 aromatic rings. The summed E-state index contributed by atoms with van der Waals surface area (Å²) in [4.78, 5) is 11.8. The minimum atomic E-state index is -0.514. The third-order valence-corrected chi connectivity index (χ3v) is 3.79. The molecular formula is C19H14FN5O2. The van der Waals surface area contributed by atoms with Crippen LogP contribution in [0.5, 0.6) is 11.8 Å². The Bertz CT molecular complexity index is 1070. The van der Waals surface area contributed by atoms with Gasteiger partial charge in [-0.1, -0.05) is 11.2 Å². The van der Waals surface area contributed by atoms with Crippen molar-refractivity contribution in [1.29, 1.82) is 0 Å². The second-order valence-corrected chi connectivity index (χ2v) is 5.69. The molecule has 0 aliphatic heterocycles. The molecule has 134 valence electrons. The molecule has 0 fully saturated rings. The molecule has 7 nitrogen and oxygen atoms in total. The van der Waals surface area contributed by atoms with Crippen LogP contribution in [0.1, 0.15) is 11.3 Å². The number of halogens is 1. The zero-order valence-electron chi connectivity index (χ0n) is 14.0. The predicted molar refractivity (Wildman–Crippen MR) is 95.5 cm³/mol. The van der Waals surface area contributed by atoms with E-state index in [1.165, 1.54) is 24.5 Å². The summed E-state index contributed by atoms with van der Waals surface area (Å²) in [6.45, 7) is 0. The Labute approximate surface area is 153 Å².